The summed E-state index contributed by atoms with van der Waals surface area (Å²) in [5.74, 6) is 1.43. The number of alkyl halides is 1. The summed E-state index contributed by atoms with van der Waals surface area (Å²) in [7, 11) is 0. The zero-order chi connectivity index (χ0) is 5.82. The fourth-order valence-electron chi connectivity index (χ4n) is 0.612. The maximum absolute atomic E-state index is 5.42. The van der Waals surface area contributed by atoms with Gasteiger partial charge in [0.2, 0.25) is 0 Å². The summed E-state index contributed by atoms with van der Waals surface area (Å²) in [6, 6.07) is 0. The standard InChI is InChI=1S/C5H8ClNO/c6-2-1-5-7-3-4-8-5/h1-4H2. The lowest BCUT2D eigenvalue weighted by molar-refractivity contribution is 0.340. The number of hydrogen-bond acceptors (Lipinski definition) is 2. The quantitative estimate of drug-likeness (QED) is 0.516. The van der Waals surface area contributed by atoms with E-state index in [9.17, 15) is 0 Å². The van der Waals surface area contributed by atoms with Crippen LogP contribution in [0.2, 0.25) is 0 Å². The molecule has 0 N–H and O–H groups in total. The van der Waals surface area contributed by atoms with Crippen molar-refractivity contribution in [3.63, 3.8) is 0 Å². The lowest BCUT2D eigenvalue weighted by atomic mass is 10.5. The molecule has 46 valence electrons. The van der Waals surface area contributed by atoms with Crippen molar-refractivity contribution in [3.05, 3.63) is 0 Å². The Balaban J connectivity index is 2.23. The van der Waals surface area contributed by atoms with Gasteiger partial charge in [0, 0.05) is 12.3 Å². The molecule has 0 amide bonds. The van der Waals surface area contributed by atoms with Gasteiger partial charge in [0.1, 0.15) is 6.61 Å². The predicted octanol–water partition coefficient (Wildman–Crippen LogP) is 1.04. The van der Waals surface area contributed by atoms with E-state index in [1.54, 1.807) is 0 Å². The molecule has 0 saturated heterocycles. The number of nitrogens with zero attached hydrogens (tertiary/aromatic N) is 1. The molecule has 0 fully saturated rings. The Morgan fingerprint density at radius 1 is 1.75 bits per heavy atom. The Hall–Kier alpha value is -0.240. The maximum Gasteiger partial charge on any atom is 0.184 e. The van der Waals surface area contributed by atoms with Crippen molar-refractivity contribution in [1.82, 2.24) is 0 Å². The van der Waals surface area contributed by atoms with E-state index in [2.05, 4.69) is 4.99 Å². The van der Waals surface area contributed by atoms with Crippen LogP contribution in [0, 0.1) is 0 Å². The number of aliphatic imine (C=N–C) groups is 1. The first-order valence-corrected chi connectivity index (χ1v) is 3.19. The van der Waals surface area contributed by atoms with Gasteiger partial charge in [-0.05, 0) is 0 Å². The summed E-state index contributed by atoms with van der Waals surface area (Å²) in [6.45, 7) is 1.55. The van der Waals surface area contributed by atoms with Gasteiger partial charge in [0.25, 0.3) is 0 Å². The van der Waals surface area contributed by atoms with E-state index in [1.807, 2.05) is 0 Å². The second-order valence-corrected chi connectivity index (χ2v) is 1.94. The number of halogens is 1. The largest absolute Gasteiger partial charge is 0.479 e. The SMILES string of the molecule is ClCCC1=NCCO1. The molecule has 0 saturated carbocycles. The minimum atomic E-state index is 0.610. The van der Waals surface area contributed by atoms with Gasteiger partial charge in [-0.1, -0.05) is 0 Å². The Labute approximate surface area is 53.5 Å². The van der Waals surface area contributed by atoms with Gasteiger partial charge in [0.15, 0.2) is 5.90 Å². The Morgan fingerprint density at radius 2 is 2.62 bits per heavy atom. The fraction of sp³-hybridized carbons (Fsp3) is 0.800. The van der Waals surface area contributed by atoms with Crippen LogP contribution in [-0.4, -0.2) is 24.9 Å². The van der Waals surface area contributed by atoms with Crippen LogP contribution in [0.15, 0.2) is 4.99 Å². The van der Waals surface area contributed by atoms with Gasteiger partial charge >= 0.3 is 0 Å². The van der Waals surface area contributed by atoms with Crippen LogP contribution in [0.5, 0.6) is 0 Å². The summed E-state index contributed by atoms with van der Waals surface area (Å²) in [5.41, 5.74) is 0. The van der Waals surface area contributed by atoms with E-state index < -0.39 is 0 Å². The third kappa shape index (κ3) is 1.37. The van der Waals surface area contributed by atoms with Gasteiger partial charge in [-0.25, -0.2) is 0 Å². The van der Waals surface area contributed by atoms with Crippen LogP contribution in [0.25, 0.3) is 0 Å². The van der Waals surface area contributed by atoms with Crippen LogP contribution in [-0.2, 0) is 4.74 Å². The van der Waals surface area contributed by atoms with Crippen molar-refractivity contribution in [3.8, 4) is 0 Å². The average molecular weight is 134 g/mol. The van der Waals surface area contributed by atoms with Crippen molar-refractivity contribution in [2.45, 2.75) is 6.42 Å². The number of ether oxygens (including phenoxy) is 1. The lowest BCUT2D eigenvalue weighted by Crippen LogP contribution is -1.98. The van der Waals surface area contributed by atoms with Gasteiger partial charge in [0.05, 0.1) is 6.54 Å². The smallest absolute Gasteiger partial charge is 0.184 e. The van der Waals surface area contributed by atoms with Gasteiger partial charge in [-0.2, -0.15) is 0 Å². The Kier molecular flexibility index (Phi) is 2.15. The molecule has 8 heavy (non-hydrogen) atoms. The monoisotopic (exact) mass is 133 g/mol. The molecule has 0 radical (unpaired) electrons. The first kappa shape index (κ1) is 5.89. The number of rotatable bonds is 2. The van der Waals surface area contributed by atoms with Crippen LogP contribution in [0.4, 0.5) is 0 Å². The molecule has 0 aliphatic carbocycles. The van der Waals surface area contributed by atoms with Crippen molar-refractivity contribution < 1.29 is 4.74 Å². The van der Waals surface area contributed by atoms with Gasteiger partial charge < -0.3 is 4.74 Å². The molecular formula is C5H8ClNO. The first-order valence-electron chi connectivity index (χ1n) is 2.65. The molecule has 3 heteroatoms. The second kappa shape index (κ2) is 2.92. The second-order valence-electron chi connectivity index (χ2n) is 1.56. The topological polar surface area (TPSA) is 21.6 Å². The molecule has 1 aliphatic rings. The summed E-state index contributed by atoms with van der Waals surface area (Å²) >= 11 is 5.42. The molecule has 0 aromatic rings. The Morgan fingerprint density at radius 3 is 3.12 bits per heavy atom. The molecule has 0 spiro atoms. The highest BCUT2D eigenvalue weighted by molar-refractivity contribution is 6.18. The van der Waals surface area contributed by atoms with E-state index in [4.69, 9.17) is 16.3 Å². The maximum atomic E-state index is 5.42. The van der Waals surface area contributed by atoms with Crippen LogP contribution in [0.1, 0.15) is 6.42 Å². The zero-order valence-corrected chi connectivity index (χ0v) is 5.32. The molecule has 2 nitrogen and oxygen atoms in total. The van der Waals surface area contributed by atoms with Crippen molar-refractivity contribution in [2.75, 3.05) is 19.0 Å². The summed E-state index contributed by atoms with van der Waals surface area (Å²) in [6.07, 6.45) is 0.779. The highest BCUT2D eigenvalue weighted by Crippen LogP contribution is 1.98. The van der Waals surface area contributed by atoms with E-state index in [-0.39, 0.29) is 0 Å². The third-order valence-electron chi connectivity index (χ3n) is 0.956. The normalized spacial score (nSPS) is 17.9. The molecule has 1 rings (SSSR count). The fourth-order valence-corrected chi connectivity index (χ4v) is 0.773. The van der Waals surface area contributed by atoms with Crippen molar-refractivity contribution >= 4 is 17.5 Å². The summed E-state index contributed by atoms with van der Waals surface area (Å²) < 4.78 is 5.06. The lowest BCUT2D eigenvalue weighted by Gasteiger charge is -1.94. The first-order chi connectivity index (χ1) is 3.93. The third-order valence-corrected chi connectivity index (χ3v) is 1.15. The molecule has 0 unspecified atom stereocenters. The molecule has 0 aromatic heterocycles. The highest BCUT2D eigenvalue weighted by atomic mass is 35.5. The molecule has 1 aliphatic heterocycles. The zero-order valence-electron chi connectivity index (χ0n) is 4.56. The van der Waals surface area contributed by atoms with E-state index in [0.29, 0.717) is 5.88 Å². The molecular weight excluding hydrogens is 126 g/mol. The van der Waals surface area contributed by atoms with Gasteiger partial charge in [-0.15, -0.1) is 11.6 Å². The summed E-state index contributed by atoms with van der Waals surface area (Å²) in [5, 5.41) is 0. The van der Waals surface area contributed by atoms with Crippen LogP contribution in [0.3, 0.4) is 0 Å². The molecule has 0 bridgehead atoms. The minimum Gasteiger partial charge on any atom is -0.479 e. The molecule has 0 atom stereocenters. The molecule has 1 heterocycles. The van der Waals surface area contributed by atoms with E-state index in [1.165, 1.54) is 0 Å². The Bertz CT molecular complexity index is 103. The van der Waals surface area contributed by atoms with Crippen LogP contribution >= 0.6 is 11.6 Å². The number of hydrogen-bond donors (Lipinski definition) is 0. The van der Waals surface area contributed by atoms with E-state index in [0.717, 1.165) is 25.5 Å². The minimum absolute atomic E-state index is 0.610. The average Bonchev–Trinajstić information content (AvgIpc) is 2.19. The van der Waals surface area contributed by atoms with Crippen LogP contribution < -0.4 is 0 Å². The highest BCUT2D eigenvalue weighted by Gasteiger charge is 2.03. The van der Waals surface area contributed by atoms with Crippen molar-refractivity contribution in [2.24, 2.45) is 4.99 Å². The predicted molar refractivity (Wildman–Crippen MR) is 33.6 cm³/mol. The van der Waals surface area contributed by atoms with E-state index >= 15 is 0 Å². The molecule has 0 aromatic carbocycles. The van der Waals surface area contributed by atoms with Gasteiger partial charge in [-0.3, -0.25) is 4.99 Å². The van der Waals surface area contributed by atoms with Crippen molar-refractivity contribution in [1.29, 1.82) is 0 Å². The summed E-state index contributed by atoms with van der Waals surface area (Å²) in [4.78, 5) is 4.04.